The molecular weight excluding hydrogens is 385 g/mol. The Hall–Kier alpha value is -2.06. The fraction of sp³-hybridized carbons (Fsp3) is 0.200. The molecule has 140 valence electrons. The predicted octanol–water partition coefficient (Wildman–Crippen LogP) is 3.31. The third kappa shape index (κ3) is 4.17. The van der Waals surface area contributed by atoms with E-state index in [1.165, 1.54) is 21.8 Å². The molecule has 3 aromatic rings. The Kier molecular flexibility index (Phi) is 6.61. The summed E-state index contributed by atoms with van der Waals surface area (Å²) in [5.74, 6) is -1.06. The second-order valence-electron chi connectivity index (χ2n) is 6.37. The van der Waals surface area contributed by atoms with Gasteiger partial charge in [0.25, 0.3) is 0 Å². The topological polar surface area (TPSA) is 72.9 Å². The molecular formula is C20H20N3NaO3S. The second-order valence-corrected chi connectivity index (χ2v) is 7.28. The van der Waals surface area contributed by atoms with E-state index in [0.717, 1.165) is 13.1 Å². The molecule has 0 spiro atoms. The van der Waals surface area contributed by atoms with E-state index in [-0.39, 0.29) is 41.2 Å². The van der Waals surface area contributed by atoms with Gasteiger partial charge in [-0.15, -0.1) is 11.3 Å². The zero-order chi connectivity index (χ0) is 18.8. The standard InChI is InChI=1S/C20H19N3O3S.Na.H/c24-19(25)14-5-1-3-7-16(14)21-20(26)23-11-9-22(10-12-23)17-13-27-18-8-4-2-6-15(17)18;;/h1-8,13H,9-12H2,(H,21,26)(H,24,25);;. The first-order valence-electron chi connectivity index (χ1n) is 8.73. The third-order valence-electron chi connectivity index (χ3n) is 4.77. The summed E-state index contributed by atoms with van der Waals surface area (Å²) in [4.78, 5) is 27.9. The molecule has 0 unspecified atom stereocenters. The van der Waals surface area contributed by atoms with Gasteiger partial charge in [-0.2, -0.15) is 0 Å². The van der Waals surface area contributed by atoms with Crippen molar-refractivity contribution >= 4 is 74.4 Å². The summed E-state index contributed by atoms with van der Waals surface area (Å²) >= 11 is 1.73. The monoisotopic (exact) mass is 405 g/mol. The SMILES string of the molecule is O=C(O)c1ccccc1NC(=O)N1CCN(c2csc3ccccc23)CC1.[NaH]. The number of nitrogens with zero attached hydrogens (tertiary/aromatic N) is 2. The van der Waals surface area contributed by atoms with Crippen LogP contribution in [0.25, 0.3) is 10.1 Å². The Labute approximate surface area is 189 Å². The molecule has 0 radical (unpaired) electrons. The summed E-state index contributed by atoms with van der Waals surface area (Å²) in [5, 5.41) is 15.4. The third-order valence-corrected chi connectivity index (χ3v) is 5.72. The van der Waals surface area contributed by atoms with Gasteiger partial charge in [0.05, 0.1) is 16.9 Å². The van der Waals surface area contributed by atoms with Gasteiger partial charge in [-0.25, -0.2) is 9.59 Å². The van der Waals surface area contributed by atoms with Crippen LogP contribution in [0, 0.1) is 0 Å². The van der Waals surface area contributed by atoms with E-state index >= 15 is 0 Å². The molecule has 1 aliphatic rings. The number of carboxylic acids is 1. The number of benzene rings is 2. The number of carboxylic acid groups (broad SMARTS) is 1. The van der Waals surface area contributed by atoms with Gasteiger partial charge < -0.3 is 20.2 Å². The number of amides is 2. The molecule has 2 amide bonds. The number of nitrogens with one attached hydrogen (secondary N) is 1. The van der Waals surface area contributed by atoms with Gasteiger partial charge in [0.2, 0.25) is 0 Å². The molecule has 28 heavy (non-hydrogen) atoms. The molecule has 0 saturated carbocycles. The molecule has 2 heterocycles. The molecule has 0 bridgehead atoms. The van der Waals surface area contributed by atoms with Crippen molar-refractivity contribution < 1.29 is 14.7 Å². The molecule has 6 nitrogen and oxygen atoms in total. The first-order valence-corrected chi connectivity index (χ1v) is 9.61. The quantitative estimate of drug-likeness (QED) is 0.656. The van der Waals surface area contributed by atoms with Crippen LogP contribution in [-0.2, 0) is 0 Å². The van der Waals surface area contributed by atoms with Crippen molar-refractivity contribution in [1.29, 1.82) is 0 Å². The molecule has 0 aliphatic carbocycles. The molecule has 4 rings (SSSR count). The molecule has 2 N–H and O–H groups in total. The zero-order valence-electron chi connectivity index (χ0n) is 14.6. The number of carbonyl (C=O) groups excluding carboxylic acids is 1. The van der Waals surface area contributed by atoms with E-state index in [4.69, 9.17) is 0 Å². The first-order chi connectivity index (χ1) is 13.1. The van der Waals surface area contributed by atoms with Crippen molar-refractivity contribution in [1.82, 2.24) is 4.90 Å². The molecule has 1 aromatic heterocycles. The van der Waals surface area contributed by atoms with Crippen molar-refractivity contribution in [2.24, 2.45) is 0 Å². The van der Waals surface area contributed by atoms with Crippen LogP contribution >= 0.6 is 11.3 Å². The van der Waals surface area contributed by atoms with Crippen LogP contribution in [0.5, 0.6) is 0 Å². The van der Waals surface area contributed by atoms with Gasteiger partial charge in [0, 0.05) is 41.6 Å². The number of aromatic carboxylic acids is 1. The predicted molar refractivity (Wildman–Crippen MR) is 115 cm³/mol. The molecule has 1 fully saturated rings. The van der Waals surface area contributed by atoms with Crippen molar-refractivity contribution in [3.05, 3.63) is 59.5 Å². The fourth-order valence-electron chi connectivity index (χ4n) is 3.33. The normalized spacial score (nSPS) is 13.9. The van der Waals surface area contributed by atoms with Crippen LogP contribution in [0.3, 0.4) is 0 Å². The number of carbonyl (C=O) groups is 2. The summed E-state index contributed by atoms with van der Waals surface area (Å²) < 4.78 is 1.26. The number of anilines is 2. The Balaban J connectivity index is 0.00000225. The number of piperazine rings is 1. The number of rotatable bonds is 3. The van der Waals surface area contributed by atoms with E-state index in [1.807, 2.05) is 12.1 Å². The Morgan fingerprint density at radius 2 is 1.64 bits per heavy atom. The van der Waals surface area contributed by atoms with Crippen LogP contribution in [0.2, 0.25) is 0 Å². The molecule has 0 atom stereocenters. The number of fused-ring (bicyclic) bond motifs is 1. The van der Waals surface area contributed by atoms with E-state index in [1.54, 1.807) is 34.4 Å². The Bertz CT molecular complexity index is 999. The van der Waals surface area contributed by atoms with Gasteiger partial charge >= 0.3 is 41.6 Å². The first kappa shape index (κ1) is 20.7. The number of thiophene rings is 1. The molecule has 1 aliphatic heterocycles. The molecule has 2 aromatic carbocycles. The van der Waals surface area contributed by atoms with Gasteiger partial charge in [-0.1, -0.05) is 30.3 Å². The zero-order valence-corrected chi connectivity index (χ0v) is 15.4. The Morgan fingerprint density at radius 1 is 0.964 bits per heavy atom. The number of hydrogen-bond donors (Lipinski definition) is 2. The van der Waals surface area contributed by atoms with E-state index < -0.39 is 5.97 Å². The number of hydrogen-bond acceptors (Lipinski definition) is 4. The fourth-order valence-corrected chi connectivity index (χ4v) is 4.30. The average molecular weight is 405 g/mol. The van der Waals surface area contributed by atoms with Crippen LogP contribution in [0.4, 0.5) is 16.2 Å². The summed E-state index contributed by atoms with van der Waals surface area (Å²) in [6.07, 6.45) is 0. The summed E-state index contributed by atoms with van der Waals surface area (Å²) in [5.41, 5.74) is 1.63. The van der Waals surface area contributed by atoms with Gasteiger partial charge in [0.1, 0.15) is 0 Å². The van der Waals surface area contributed by atoms with Crippen molar-refractivity contribution in [3.8, 4) is 0 Å². The van der Waals surface area contributed by atoms with Crippen LogP contribution in [-0.4, -0.2) is 77.7 Å². The maximum atomic E-state index is 12.6. The van der Waals surface area contributed by atoms with Crippen molar-refractivity contribution in [2.75, 3.05) is 36.4 Å². The number of urea groups is 1. The van der Waals surface area contributed by atoms with Crippen LogP contribution < -0.4 is 10.2 Å². The van der Waals surface area contributed by atoms with Crippen molar-refractivity contribution in [3.63, 3.8) is 0 Å². The average Bonchev–Trinajstić information content (AvgIpc) is 3.12. The molecule has 8 heteroatoms. The van der Waals surface area contributed by atoms with Gasteiger partial charge in [-0.3, -0.25) is 0 Å². The summed E-state index contributed by atoms with van der Waals surface area (Å²) in [6.45, 7) is 2.67. The summed E-state index contributed by atoms with van der Waals surface area (Å²) in [6, 6.07) is 14.5. The maximum absolute atomic E-state index is 12.6. The van der Waals surface area contributed by atoms with Crippen LogP contribution in [0.15, 0.2) is 53.9 Å². The van der Waals surface area contributed by atoms with Gasteiger partial charge in [-0.05, 0) is 18.2 Å². The Morgan fingerprint density at radius 3 is 2.39 bits per heavy atom. The van der Waals surface area contributed by atoms with Gasteiger partial charge in [0.15, 0.2) is 0 Å². The van der Waals surface area contributed by atoms with Crippen LogP contribution in [0.1, 0.15) is 10.4 Å². The second kappa shape index (κ2) is 8.96. The van der Waals surface area contributed by atoms with E-state index in [0.29, 0.717) is 18.8 Å². The number of para-hydroxylation sites is 1. The van der Waals surface area contributed by atoms with Crippen molar-refractivity contribution in [2.45, 2.75) is 0 Å². The van der Waals surface area contributed by atoms with E-state index in [9.17, 15) is 14.7 Å². The molecule has 1 saturated heterocycles. The minimum atomic E-state index is -1.06. The summed E-state index contributed by atoms with van der Waals surface area (Å²) in [7, 11) is 0. The minimum absolute atomic E-state index is 0. The van der Waals surface area contributed by atoms with E-state index in [2.05, 4.69) is 27.7 Å².